The molecule has 0 amide bonds. The highest BCUT2D eigenvalue weighted by molar-refractivity contribution is 5.70. The maximum Gasteiger partial charge on any atom is 0.130 e. The van der Waals surface area contributed by atoms with Gasteiger partial charge >= 0.3 is 0 Å². The van der Waals surface area contributed by atoms with Gasteiger partial charge in [-0.25, -0.2) is 0 Å². The van der Waals surface area contributed by atoms with Crippen LogP contribution in [0.5, 0.6) is 5.75 Å². The van der Waals surface area contributed by atoms with Crippen molar-refractivity contribution in [2.75, 3.05) is 7.11 Å². The Kier molecular flexibility index (Phi) is 2.94. The quantitative estimate of drug-likeness (QED) is 0.688. The second-order valence-corrected chi connectivity index (χ2v) is 3.99. The molecule has 0 saturated heterocycles. The minimum absolute atomic E-state index is 0.489. The van der Waals surface area contributed by atoms with Gasteiger partial charge in [-0.15, -0.1) is 0 Å². The summed E-state index contributed by atoms with van der Waals surface area (Å²) in [6.07, 6.45) is 0.956. The lowest BCUT2D eigenvalue weighted by Gasteiger charge is -2.22. The summed E-state index contributed by atoms with van der Waals surface area (Å²) in [6.45, 7) is 5.78. The SMILES string of the molecule is COc1cccc(C)c1C(C)(C)C=O. The predicted octanol–water partition coefficient (Wildman–Crippen LogP) is 2.48. The van der Waals surface area contributed by atoms with Crippen molar-refractivity contribution in [3.63, 3.8) is 0 Å². The van der Waals surface area contributed by atoms with Crippen molar-refractivity contribution in [3.8, 4) is 5.75 Å². The molecular weight excluding hydrogens is 176 g/mol. The number of aldehydes is 1. The molecule has 1 rings (SSSR count). The van der Waals surface area contributed by atoms with Crippen LogP contribution in [0.1, 0.15) is 25.0 Å². The molecule has 1 aromatic rings. The Morgan fingerprint density at radius 2 is 2.00 bits per heavy atom. The van der Waals surface area contributed by atoms with Crippen molar-refractivity contribution in [3.05, 3.63) is 29.3 Å². The average molecular weight is 192 g/mol. The van der Waals surface area contributed by atoms with E-state index in [2.05, 4.69) is 0 Å². The smallest absolute Gasteiger partial charge is 0.130 e. The second kappa shape index (κ2) is 3.82. The van der Waals surface area contributed by atoms with Crippen molar-refractivity contribution >= 4 is 6.29 Å². The third kappa shape index (κ3) is 1.79. The van der Waals surface area contributed by atoms with E-state index in [1.54, 1.807) is 7.11 Å². The van der Waals surface area contributed by atoms with E-state index in [1.165, 1.54) is 0 Å². The first-order chi connectivity index (χ1) is 6.53. The summed E-state index contributed by atoms with van der Waals surface area (Å²) < 4.78 is 5.26. The van der Waals surface area contributed by atoms with Crippen molar-refractivity contribution in [1.82, 2.24) is 0 Å². The zero-order valence-corrected chi connectivity index (χ0v) is 9.13. The average Bonchev–Trinajstić information content (AvgIpc) is 2.17. The lowest BCUT2D eigenvalue weighted by Crippen LogP contribution is -2.21. The monoisotopic (exact) mass is 192 g/mol. The number of hydrogen-bond acceptors (Lipinski definition) is 2. The van der Waals surface area contributed by atoms with Gasteiger partial charge in [0.25, 0.3) is 0 Å². The van der Waals surface area contributed by atoms with Gasteiger partial charge in [-0.05, 0) is 32.4 Å². The molecule has 0 bridgehead atoms. The molecule has 1 aromatic carbocycles. The highest BCUT2D eigenvalue weighted by Crippen LogP contribution is 2.32. The third-order valence-corrected chi connectivity index (χ3v) is 2.39. The van der Waals surface area contributed by atoms with Crippen LogP contribution in [-0.4, -0.2) is 13.4 Å². The molecule has 14 heavy (non-hydrogen) atoms. The molecule has 0 unspecified atom stereocenters. The first kappa shape index (κ1) is 10.8. The Balaban J connectivity index is 3.37. The zero-order valence-electron chi connectivity index (χ0n) is 9.13. The Bertz CT molecular complexity index is 340. The van der Waals surface area contributed by atoms with Crippen LogP contribution in [0.4, 0.5) is 0 Å². The molecule has 0 fully saturated rings. The fraction of sp³-hybridized carbons (Fsp3) is 0.417. The molecule has 0 aliphatic heterocycles. The van der Waals surface area contributed by atoms with Crippen LogP contribution >= 0.6 is 0 Å². The number of carbonyl (C=O) groups excluding carboxylic acids is 1. The summed E-state index contributed by atoms with van der Waals surface area (Å²) in [5.41, 5.74) is 1.57. The van der Waals surface area contributed by atoms with E-state index in [4.69, 9.17) is 4.74 Å². The van der Waals surface area contributed by atoms with Crippen molar-refractivity contribution in [2.24, 2.45) is 0 Å². The van der Waals surface area contributed by atoms with Crippen LogP contribution in [0.2, 0.25) is 0 Å². The first-order valence-corrected chi connectivity index (χ1v) is 4.63. The Hall–Kier alpha value is -1.31. The van der Waals surface area contributed by atoms with Gasteiger partial charge in [0.15, 0.2) is 0 Å². The summed E-state index contributed by atoms with van der Waals surface area (Å²) in [6, 6.07) is 5.80. The van der Waals surface area contributed by atoms with Crippen molar-refractivity contribution < 1.29 is 9.53 Å². The predicted molar refractivity (Wildman–Crippen MR) is 56.8 cm³/mol. The van der Waals surface area contributed by atoms with E-state index < -0.39 is 5.41 Å². The molecule has 0 radical (unpaired) electrons. The first-order valence-electron chi connectivity index (χ1n) is 4.63. The molecular formula is C12H16O2. The van der Waals surface area contributed by atoms with Crippen LogP contribution in [0.25, 0.3) is 0 Å². The van der Waals surface area contributed by atoms with E-state index in [0.29, 0.717) is 0 Å². The number of ether oxygens (including phenoxy) is 1. The topological polar surface area (TPSA) is 26.3 Å². The minimum atomic E-state index is -0.489. The highest BCUT2D eigenvalue weighted by atomic mass is 16.5. The molecule has 0 N–H and O–H groups in total. The van der Waals surface area contributed by atoms with Gasteiger partial charge in [0.1, 0.15) is 12.0 Å². The van der Waals surface area contributed by atoms with E-state index in [1.807, 2.05) is 39.0 Å². The van der Waals surface area contributed by atoms with Gasteiger partial charge < -0.3 is 9.53 Å². The minimum Gasteiger partial charge on any atom is -0.496 e. The maximum absolute atomic E-state index is 11.0. The van der Waals surface area contributed by atoms with Crippen LogP contribution in [0.15, 0.2) is 18.2 Å². The van der Waals surface area contributed by atoms with Gasteiger partial charge in [-0.3, -0.25) is 0 Å². The molecule has 0 heterocycles. The molecule has 2 nitrogen and oxygen atoms in total. The highest BCUT2D eigenvalue weighted by Gasteiger charge is 2.25. The van der Waals surface area contributed by atoms with Gasteiger partial charge in [0.2, 0.25) is 0 Å². The fourth-order valence-corrected chi connectivity index (χ4v) is 1.70. The fourth-order valence-electron chi connectivity index (χ4n) is 1.70. The van der Waals surface area contributed by atoms with Gasteiger partial charge in [0, 0.05) is 11.0 Å². The number of hydrogen-bond donors (Lipinski definition) is 0. The van der Waals surface area contributed by atoms with Crippen molar-refractivity contribution in [2.45, 2.75) is 26.2 Å². The Morgan fingerprint density at radius 1 is 1.36 bits per heavy atom. The van der Waals surface area contributed by atoms with E-state index >= 15 is 0 Å². The molecule has 76 valence electrons. The third-order valence-electron chi connectivity index (χ3n) is 2.39. The standard InChI is InChI=1S/C12H16O2/c1-9-6-5-7-10(14-4)11(9)12(2,3)8-13/h5-8H,1-4H3. The van der Waals surface area contributed by atoms with E-state index in [9.17, 15) is 4.79 Å². The lowest BCUT2D eigenvalue weighted by molar-refractivity contribution is -0.111. The van der Waals surface area contributed by atoms with E-state index in [-0.39, 0.29) is 0 Å². The van der Waals surface area contributed by atoms with Gasteiger partial charge in [0.05, 0.1) is 7.11 Å². The Morgan fingerprint density at radius 3 is 2.50 bits per heavy atom. The number of benzene rings is 1. The Labute approximate surface area is 84.9 Å². The molecule has 0 atom stereocenters. The van der Waals surface area contributed by atoms with Crippen molar-refractivity contribution in [1.29, 1.82) is 0 Å². The van der Waals surface area contributed by atoms with Gasteiger partial charge in [-0.1, -0.05) is 12.1 Å². The molecule has 0 saturated carbocycles. The largest absolute Gasteiger partial charge is 0.496 e. The lowest BCUT2D eigenvalue weighted by atomic mass is 9.83. The van der Waals surface area contributed by atoms with E-state index in [0.717, 1.165) is 23.2 Å². The number of rotatable bonds is 3. The normalized spacial score (nSPS) is 11.1. The summed E-state index contributed by atoms with van der Waals surface area (Å²) in [4.78, 5) is 11.0. The molecule has 0 aliphatic rings. The van der Waals surface area contributed by atoms with Gasteiger partial charge in [-0.2, -0.15) is 0 Å². The van der Waals surface area contributed by atoms with Crippen LogP contribution < -0.4 is 4.74 Å². The van der Waals surface area contributed by atoms with Crippen LogP contribution in [0.3, 0.4) is 0 Å². The molecule has 0 aliphatic carbocycles. The maximum atomic E-state index is 11.0. The van der Waals surface area contributed by atoms with Crippen LogP contribution in [0, 0.1) is 6.92 Å². The molecule has 0 aromatic heterocycles. The number of carbonyl (C=O) groups is 1. The second-order valence-electron chi connectivity index (χ2n) is 3.99. The zero-order chi connectivity index (χ0) is 10.8. The van der Waals surface area contributed by atoms with Crippen LogP contribution in [-0.2, 0) is 10.2 Å². The number of aryl methyl sites for hydroxylation is 1. The number of methoxy groups -OCH3 is 1. The molecule has 0 spiro atoms. The summed E-state index contributed by atoms with van der Waals surface area (Å²) in [5.74, 6) is 0.780. The summed E-state index contributed by atoms with van der Waals surface area (Å²) in [5, 5.41) is 0. The summed E-state index contributed by atoms with van der Waals surface area (Å²) >= 11 is 0. The summed E-state index contributed by atoms with van der Waals surface area (Å²) in [7, 11) is 1.62. The molecule has 2 heteroatoms.